The highest BCUT2D eigenvalue weighted by atomic mass is 32.1. The Balaban J connectivity index is 1.14. The van der Waals surface area contributed by atoms with Crippen molar-refractivity contribution in [2.45, 2.75) is 62.1 Å². The number of likely N-dealkylation sites (tertiary alicyclic amines) is 1. The van der Waals surface area contributed by atoms with Gasteiger partial charge in [0.15, 0.2) is 5.82 Å². The zero-order valence-electron chi connectivity index (χ0n) is 24.7. The van der Waals surface area contributed by atoms with Gasteiger partial charge < -0.3 is 29.8 Å². The summed E-state index contributed by atoms with van der Waals surface area (Å²) in [6, 6.07) is 4.04. The van der Waals surface area contributed by atoms with Gasteiger partial charge in [-0.15, -0.1) is 11.3 Å². The van der Waals surface area contributed by atoms with Crippen molar-refractivity contribution in [3.8, 4) is 0 Å². The normalized spacial score (nSPS) is 23.0. The van der Waals surface area contributed by atoms with Crippen molar-refractivity contribution in [1.82, 2.24) is 20.1 Å². The number of aromatic nitrogens is 1. The number of nitrogens with one attached hydrogen (secondary N) is 1. The van der Waals surface area contributed by atoms with Crippen LogP contribution in [0, 0.1) is 5.82 Å². The van der Waals surface area contributed by atoms with Gasteiger partial charge in [-0.3, -0.25) is 23.9 Å². The van der Waals surface area contributed by atoms with Crippen LogP contribution in [0.25, 0.3) is 10.1 Å². The molecule has 0 unspecified atom stereocenters. The molecule has 3 fully saturated rings. The molecule has 3 aliphatic rings. The monoisotopic (exact) mass is 661 g/mol. The molecule has 3 aliphatic heterocycles. The summed E-state index contributed by atoms with van der Waals surface area (Å²) in [5, 5.41) is 3.29. The first kappa shape index (κ1) is 31.5. The van der Waals surface area contributed by atoms with Crippen LogP contribution in [0.1, 0.15) is 64.7 Å². The van der Waals surface area contributed by atoms with E-state index in [4.69, 9.17) is 0 Å². The van der Waals surface area contributed by atoms with Crippen LogP contribution >= 0.6 is 18.9 Å². The van der Waals surface area contributed by atoms with E-state index < -0.39 is 37.3 Å². The van der Waals surface area contributed by atoms with E-state index in [9.17, 15) is 37.5 Å². The lowest BCUT2D eigenvalue weighted by atomic mass is 9.90. The molecule has 0 aliphatic carbocycles. The molecule has 1 aromatic carbocycles. The van der Waals surface area contributed by atoms with Gasteiger partial charge in [0.1, 0.15) is 12.1 Å². The van der Waals surface area contributed by atoms with E-state index in [1.165, 1.54) is 30.5 Å². The highest BCUT2D eigenvalue weighted by Crippen LogP contribution is 2.53. The fourth-order valence-corrected chi connectivity index (χ4v) is 8.26. The number of benzene rings is 1. The zero-order valence-corrected chi connectivity index (χ0v) is 26.4. The number of hydrogen-bond donors (Lipinski definition) is 3. The van der Waals surface area contributed by atoms with Crippen LogP contribution in [0.4, 0.5) is 14.5 Å². The summed E-state index contributed by atoms with van der Waals surface area (Å²) in [5.41, 5.74) is 1.01. The molecule has 5 heterocycles. The molecule has 0 spiro atoms. The van der Waals surface area contributed by atoms with Crippen molar-refractivity contribution in [1.29, 1.82) is 0 Å². The molecule has 45 heavy (non-hydrogen) atoms. The van der Waals surface area contributed by atoms with Gasteiger partial charge in [-0.1, -0.05) is 6.07 Å². The molecule has 6 rings (SSSR count). The molecule has 0 radical (unpaired) electrons. The number of carbonyl (C=O) groups is 3. The molecule has 0 saturated carbocycles. The Kier molecular flexibility index (Phi) is 8.44. The Labute approximate surface area is 262 Å². The van der Waals surface area contributed by atoms with Crippen LogP contribution in [0.2, 0.25) is 0 Å². The Morgan fingerprint density at radius 1 is 1.13 bits per heavy atom. The lowest BCUT2D eigenvalue weighted by Crippen LogP contribution is -2.58. The van der Waals surface area contributed by atoms with Gasteiger partial charge in [0, 0.05) is 55.6 Å². The van der Waals surface area contributed by atoms with E-state index in [0.29, 0.717) is 54.5 Å². The number of amides is 3. The summed E-state index contributed by atoms with van der Waals surface area (Å²) in [4.78, 5) is 68.5. The molecular weight excluding hydrogens is 627 g/mol. The van der Waals surface area contributed by atoms with E-state index in [1.54, 1.807) is 35.0 Å². The summed E-state index contributed by atoms with van der Waals surface area (Å²) in [7, 11) is -1.47. The third-order valence-electron chi connectivity index (χ3n) is 8.99. The van der Waals surface area contributed by atoms with E-state index in [2.05, 4.69) is 10.3 Å². The number of fused-ring (bicyclic) bond motifs is 2. The molecule has 3 saturated heterocycles. The smallest absolute Gasteiger partial charge is 0.363 e. The van der Waals surface area contributed by atoms with E-state index in [1.807, 2.05) is 0 Å². The molecule has 15 heteroatoms. The van der Waals surface area contributed by atoms with Crippen molar-refractivity contribution in [3.63, 3.8) is 0 Å². The zero-order chi connectivity index (χ0) is 32.2. The van der Waals surface area contributed by atoms with Crippen LogP contribution in [0.3, 0.4) is 0 Å². The lowest BCUT2D eigenvalue weighted by Gasteiger charge is -2.43. The van der Waals surface area contributed by atoms with Crippen LogP contribution in [-0.2, 0) is 14.2 Å². The number of hydrogen-bond acceptors (Lipinski definition) is 7. The molecule has 3 aromatic rings. The predicted octanol–water partition coefficient (Wildman–Crippen LogP) is 3.92. The SMILES string of the molecule is CN(C)c1c(F)cncc1C1CN(C(=O)[C@@H]2CC[C@@H]3CCC[C@H](NC(=O)c4cc5cc([C@H](F)P(=O)(O)O)ccc5s4)C(=O)N32)C1. The highest BCUT2D eigenvalue weighted by Gasteiger charge is 2.48. The maximum atomic E-state index is 14.5. The average molecular weight is 662 g/mol. The fraction of sp³-hybridized carbons (Fsp3) is 0.467. The first-order valence-electron chi connectivity index (χ1n) is 14.8. The predicted molar refractivity (Wildman–Crippen MR) is 164 cm³/mol. The van der Waals surface area contributed by atoms with Gasteiger partial charge in [-0.2, -0.15) is 0 Å². The number of pyridine rings is 1. The molecule has 4 atom stereocenters. The Bertz CT molecular complexity index is 1710. The van der Waals surface area contributed by atoms with Crippen molar-refractivity contribution in [2.75, 3.05) is 32.1 Å². The lowest BCUT2D eigenvalue weighted by molar-refractivity contribution is -0.148. The van der Waals surface area contributed by atoms with Crippen molar-refractivity contribution in [2.24, 2.45) is 0 Å². The number of halogens is 2. The summed E-state index contributed by atoms with van der Waals surface area (Å²) >= 11 is 1.12. The van der Waals surface area contributed by atoms with E-state index in [0.717, 1.165) is 23.3 Å². The molecule has 11 nitrogen and oxygen atoms in total. The third kappa shape index (κ3) is 5.96. The Morgan fingerprint density at radius 3 is 2.60 bits per heavy atom. The second kappa shape index (κ2) is 12.1. The van der Waals surface area contributed by atoms with Crippen molar-refractivity contribution < 1.29 is 37.5 Å². The summed E-state index contributed by atoms with van der Waals surface area (Å²) in [5.74, 6) is -3.89. The first-order valence-corrected chi connectivity index (χ1v) is 17.3. The Morgan fingerprint density at radius 2 is 1.89 bits per heavy atom. The standard InChI is InChI=1S/C30H34F2N5O6PS/c1-35(2)26-20(12-33-13-21(26)31)18-14-36(15-18)30(40)23-8-7-19-4-3-5-22(29(39)37(19)23)34-28(38)25-11-17-10-16(6-9-24(17)45-25)27(32)44(41,42)43/h6,9-13,18-19,22-23,27H,3-5,7-8,14-15H2,1-2H3,(H,34,38)(H2,41,42,43)/t19-,22-,23-,27+/m0/s1. The van der Waals surface area contributed by atoms with Crippen molar-refractivity contribution >= 4 is 52.4 Å². The van der Waals surface area contributed by atoms with E-state index in [-0.39, 0.29) is 34.2 Å². The molecule has 2 aromatic heterocycles. The van der Waals surface area contributed by atoms with Crippen molar-refractivity contribution in [3.05, 3.63) is 58.5 Å². The van der Waals surface area contributed by atoms with Crippen LogP contribution in [0.5, 0.6) is 0 Å². The van der Waals surface area contributed by atoms with Gasteiger partial charge in [0.2, 0.25) is 17.7 Å². The highest BCUT2D eigenvalue weighted by molar-refractivity contribution is 7.51. The number of alkyl halides is 1. The summed E-state index contributed by atoms with van der Waals surface area (Å²) in [6.45, 7) is 0.804. The maximum absolute atomic E-state index is 14.5. The van der Waals surface area contributed by atoms with Crippen LogP contribution in [0.15, 0.2) is 36.7 Å². The van der Waals surface area contributed by atoms with Gasteiger partial charge in [-0.25, -0.2) is 8.78 Å². The number of rotatable bonds is 7. The topological polar surface area (TPSA) is 143 Å². The van der Waals surface area contributed by atoms with E-state index >= 15 is 0 Å². The molecule has 3 amide bonds. The summed E-state index contributed by atoms with van der Waals surface area (Å²) < 4.78 is 40.7. The number of nitrogens with zero attached hydrogens (tertiary/aromatic N) is 4. The number of carbonyl (C=O) groups excluding carboxylic acids is 3. The van der Waals surface area contributed by atoms with Crippen LogP contribution < -0.4 is 10.2 Å². The van der Waals surface area contributed by atoms with Gasteiger partial charge >= 0.3 is 7.60 Å². The minimum absolute atomic E-state index is 0.0661. The fourth-order valence-electron chi connectivity index (χ4n) is 6.76. The number of thiophene rings is 1. The molecule has 3 N–H and O–H groups in total. The summed E-state index contributed by atoms with van der Waals surface area (Å²) in [6.07, 6.45) is 5.88. The second-order valence-corrected chi connectivity index (χ2v) is 14.9. The second-order valence-electron chi connectivity index (χ2n) is 12.2. The first-order chi connectivity index (χ1) is 21.3. The molecule has 0 bridgehead atoms. The molecule has 240 valence electrons. The third-order valence-corrected chi connectivity index (χ3v) is 11.0. The minimum atomic E-state index is -4.98. The van der Waals surface area contributed by atoms with Gasteiger partial charge in [-0.05, 0) is 61.3 Å². The Hall–Kier alpha value is -3.45. The van der Waals surface area contributed by atoms with Crippen LogP contribution in [-0.4, -0.2) is 87.6 Å². The number of anilines is 1. The van der Waals surface area contributed by atoms with Gasteiger partial charge in [0.25, 0.3) is 5.91 Å². The maximum Gasteiger partial charge on any atom is 0.363 e. The van der Waals surface area contributed by atoms with Gasteiger partial charge in [0.05, 0.1) is 16.8 Å². The molecular formula is C30H34F2N5O6PS. The quantitative estimate of drug-likeness (QED) is 0.324. The average Bonchev–Trinajstić information content (AvgIpc) is 3.55. The largest absolute Gasteiger partial charge is 0.375 e. The minimum Gasteiger partial charge on any atom is -0.375 e.